The maximum atomic E-state index is 5.51. The summed E-state index contributed by atoms with van der Waals surface area (Å²) in [6.45, 7) is 1.80. The highest BCUT2D eigenvalue weighted by Gasteiger charge is 2.31. The molecule has 1 aliphatic rings. The van der Waals surface area contributed by atoms with Crippen molar-refractivity contribution in [3.8, 4) is 0 Å². The van der Waals surface area contributed by atoms with Crippen LogP contribution in [0.15, 0.2) is 29.0 Å². The van der Waals surface area contributed by atoms with Gasteiger partial charge in [-0.1, -0.05) is 5.16 Å². The molecule has 1 aliphatic heterocycles. The Balaban J connectivity index is 1.93. The van der Waals surface area contributed by atoms with Crippen LogP contribution in [0.2, 0.25) is 0 Å². The second-order valence-electron chi connectivity index (χ2n) is 4.45. The fourth-order valence-corrected chi connectivity index (χ4v) is 2.39. The fourth-order valence-electron chi connectivity index (χ4n) is 2.39. The maximum absolute atomic E-state index is 5.51. The highest BCUT2D eigenvalue weighted by molar-refractivity contribution is 5.05. The van der Waals surface area contributed by atoms with E-state index in [1.54, 1.807) is 0 Å². The summed E-state index contributed by atoms with van der Waals surface area (Å²) in [5, 5.41) is 4.05. The van der Waals surface area contributed by atoms with E-state index in [0.717, 1.165) is 19.6 Å². The van der Waals surface area contributed by atoms with Gasteiger partial charge in [0.1, 0.15) is 6.04 Å². The molecule has 2 N–H and O–H groups in total. The minimum Gasteiger partial charge on any atom is -0.381 e. The zero-order chi connectivity index (χ0) is 12.4. The maximum Gasteiger partial charge on any atom is 0.240 e. The molecule has 2 atom stereocenters. The Morgan fingerprint density at radius 2 is 2.28 bits per heavy atom. The Morgan fingerprint density at radius 1 is 1.44 bits per heavy atom. The van der Waals surface area contributed by atoms with Crippen LogP contribution in [-0.4, -0.2) is 27.9 Å². The molecule has 0 aromatic carbocycles. The van der Waals surface area contributed by atoms with Crippen LogP contribution in [0.3, 0.4) is 0 Å². The number of nitrogens with zero attached hydrogens (tertiary/aromatic N) is 3. The summed E-state index contributed by atoms with van der Waals surface area (Å²) < 4.78 is 12.7. The predicted molar refractivity (Wildman–Crippen MR) is 63.7 cm³/mol. The molecule has 3 rings (SSSR count). The molecule has 1 fully saturated rings. The second-order valence-corrected chi connectivity index (χ2v) is 4.45. The molecule has 6 nitrogen and oxygen atoms in total. The van der Waals surface area contributed by atoms with Gasteiger partial charge in [0, 0.05) is 24.9 Å². The molecule has 0 amide bonds. The van der Waals surface area contributed by atoms with Crippen LogP contribution in [0.1, 0.15) is 24.2 Å². The number of rotatable bonds is 4. The van der Waals surface area contributed by atoms with Gasteiger partial charge in [-0.05, 0) is 18.6 Å². The summed E-state index contributed by atoms with van der Waals surface area (Å²) in [4.78, 5) is 4.35. The third-order valence-electron chi connectivity index (χ3n) is 3.28. The van der Waals surface area contributed by atoms with Gasteiger partial charge in [0.15, 0.2) is 5.82 Å². The van der Waals surface area contributed by atoms with Gasteiger partial charge < -0.3 is 19.6 Å². The summed E-state index contributed by atoms with van der Waals surface area (Å²) in [7, 11) is 0. The van der Waals surface area contributed by atoms with E-state index < -0.39 is 0 Å². The number of aromatic nitrogens is 3. The fraction of sp³-hybridized carbons (Fsp3) is 0.500. The van der Waals surface area contributed by atoms with Crippen LogP contribution < -0.4 is 5.73 Å². The van der Waals surface area contributed by atoms with Gasteiger partial charge in [0.25, 0.3) is 0 Å². The largest absolute Gasteiger partial charge is 0.381 e. The molecule has 2 aromatic heterocycles. The zero-order valence-corrected chi connectivity index (χ0v) is 10.0. The van der Waals surface area contributed by atoms with E-state index in [4.69, 9.17) is 15.0 Å². The summed E-state index contributed by atoms with van der Waals surface area (Å²) in [6.07, 6.45) is 5.04. The Kier molecular flexibility index (Phi) is 3.12. The minimum atomic E-state index is 0.0616. The lowest BCUT2D eigenvalue weighted by molar-refractivity contribution is 0.176. The summed E-state index contributed by atoms with van der Waals surface area (Å²) in [5.74, 6) is 1.53. The first-order valence-electron chi connectivity index (χ1n) is 6.11. The molecule has 96 valence electrons. The highest BCUT2D eigenvalue weighted by Crippen LogP contribution is 2.30. The van der Waals surface area contributed by atoms with Crippen molar-refractivity contribution < 1.29 is 9.26 Å². The van der Waals surface area contributed by atoms with Gasteiger partial charge in [-0.25, -0.2) is 0 Å². The zero-order valence-electron chi connectivity index (χ0n) is 10.0. The normalized spacial score (nSPS) is 21.3. The second kappa shape index (κ2) is 4.91. The van der Waals surface area contributed by atoms with E-state index in [-0.39, 0.29) is 12.6 Å². The molecule has 1 saturated heterocycles. The smallest absolute Gasteiger partial charge is 0.240 e. The van der Waals surface area contributed by atoms with Gasteiger partial charge in [0.2, 0.25) is 5.89 Å². The molecule has 0 saturated carbocycles. The predicted octanol–water partition coefficient (Wildman–Crippen LogP) is 0.956. The molecule has 6 heteroatoms. The monoisotopic (exact) mass is 248 g/mol. The third kappa shape index (κ3) is 2.04. The van der Waals surface area contributed by atoms with E-state index >= 15 is 0 Å². The molecule has 3 heterocycles. The third-order valence-corrected chi connectivity index (χ3v) is 3.28. The van der Waals surface area contributed by atoms with Crippen molar-refractivity contribution in [2.75, 3.05) is 13.2 Å². The Bertz CT molecular complexity index is 488. The molecule has 0 aliphatic carbocycles. The van der Waals surface area contributed by atoms with Crippen LogP contribution in [0.25, 0.3) is 0 Å². The van der Waals surface area contributed by atoms with Crippen LogP contribution in [0, 0.1) is 5.92 Å². The van der Waals surface area contributed by atoms with E-state index in [2.05, 4.69) is 14.7 Å². The summed E-state index contributed by atoms with van der Waals surface area (Å²) >= 11 is 0. The van der Waals surface area contributed by atoms with E-state index in [1.807, 2.05) is 24.5 Å². The topological polar surface area (TPSA) is 79.1 Å². The average Bonchev–Trinajstić information content (AvgIpc) is 3.13. The number of nitrogens with two attached hydrogens (primary N) is 1. The Labute approximate surface area is 105 Å². The lowest BCUT2D eigenvalue weighted by Crippen LogP contribution is -2.21. The minimum absolute atomic E-state index is 0.0616. The van der Waals surface area contributed by atoms with Crippen LogP contribution in [0.5, 0.6) is 0 Å². The van der Waals surface area contributed by atoms with Crippen LogP contribution in [-0.2, 0) is 11.3 Å². The van der Waals surface area contributed by atoms with Gasteiger partial charge in [0.05, 0.1) is 13.2 Å². The molecular formula is C12H16N4O2. The Hall–Kier alpha value is -1.66. The lowest BCUT2D eigenvalue weighted by Gasteiger charge is -2.20. The van der Waals surface area contributed by atoms with E-state index in [9.17, 15) is 0 Å². The van der Waals surface area contributed by atoms with Crippen molar-refractivity contribution in [2.45, 2.75) is 19.0 Å². The average molecular weight is 248 g/mol. The van der Waals surface area contributed by atoms with E-state index in [1.165, 1.54) is 0 Å². The molecule has 0 radical (unpaired) electrons. The number of hydrogen-bond donors (Lipinski definition) is 1. The lowest BCUT2D eigenvalue weighted by atomic mass is 9.98. The first kappa shape index (κ1) is 11.4. The van der Waals surface area contributed by atoms with Crippen molar-refractivity contribution in [1.82, 2.24) is 14.7 Å². The summed E-state index contributed by atoms with van der Waals surface area (Å²) in [6, 6.07) is 4.05. The van der Waals surface area contributed by atoms with Gasteiger partial charge in [-0.2, -0.15) is 4.98 Å². The van der Waals surface area contributed by atoms with Gasteiger partial charge in [-0.3, -0.25) is 0 Å². The molecule has 2 aromatic rings. The van der Waals surface area contributed by atoms with Crippen molar-refractivity contribution in [2.24, 2.45) is 11.7 Å². The van der Waals surface area contributed by atoms with Gasteiger partial charge >= 0.3 is 0 Å². The first-order chi connectivity index (χ1) is 8.88. The Morgan fingerprint density at radius 3 is 2.89 bits per heavy atom. The van der Waals surface area contributed by atoms with Crippen LogP contribution in [0.4, 0.5) is 0 Å². The summed E-state index contributed by atoms with van der Waals surface area (Å²) in [5.41, 5.74) is 5.51. The van der Waals surface area contributed by atoms with Crippen molar-refractivity contribution in [1.29, 1.82) is 0 Å². The number of hydrogen-bond acceptors (Lipinski definition) is 5. The van der Waals surface area contributed by atoms with Crippen molar-refractivity contribution >= 4 is 0 Å². The van der Waals surface area contributed by atoms with Gasteiger partial charge in [-0.15, -0.1) is 0 Å². The number of ether oxygens (including phenoxy) is 1. The SMILES string of the molecule is NCc1nc(C(C2CCOC2)n2cccc2)no1. The molecule has 2 unspecified atom stereocenters. The first-order valence-corrected chi connectivity index (χ1v) is 6.11. The standard InChI is InChI=1S/C12H16N4O2/c13-7-10-14-12(15-18-10)11(9-3-6-17-8-9)16-4-1-2-5-16/h1-2,4-5,9,11H,3,6-8,13H2. The highest BCUT2D eigenvalue weighted by atomic mass is 16.5. The quantitative estimate of drug-likeness (QED) is 0.871. The molecule has 0 spiro atoms. The van der Waals surface area contributed by atoms with E-state index in [0.29, 0.717) is 17.6 Å². The molecule has 0 bridgehead atoms. The molecular weight excluding hydrogens is 232 g/mol. The van der Waals surface area contributed by atoms with Crippen molar-refractivity contribution in [3.63, 3.8) is 0 Å². The molecule has 18 heavy (non-hydrogen) atoms. The van der Waals surface area contributed by atoms with Crippen molar-refractivity contribution in [3.05, 3.63) is 36.2 Å². The van der Waals surface area contributed by atoms with Crippen LogP contribution >= 0.6 is 0 Å².